The Bertz CT molecular complexity index is 591. The minimum absolute atomic E-state index is 0.259. The topological polar surface area (TPSA) is 74.7 Å². The number of benzene rings is 1. The van der Waals surface area contributed by atoms with Crippen LogP contribution in [0.1, 0.15) is 5.56 Å². The van der Waals surface area contributed by atoms with Crippen molar-refractivity contribution in [1.29, 1.82) is 0 Å². The van der Waals surface area contributed by atoms with Crippen LogP contribution in [0.25, 0.3) is 11.3 Å². The van der Waals surface area contributed by atoms with Crippen LogP contribution in [0.15, 0.2) is 27.5 Å². The predicted molar refractivity (Wildman–Crippen MR) is 67.3 cm³/mol. The third kappa shape index (κ3) is 2.32. The Balaban J connectivity index is 2.60. The molecular weight excluding hydrogens is 289 g/mol. The van der Waals surface area contributed by atoms with Crippen molar-refractivity contribution in [2.45, 2.75) is 6.42 Å². The fraction of sp³-hybridized carbons (Fsp3) is 0.182. The van der Waals surface area contributed by atoms with E-state index in [0.717, 1.165) is 4.47 Å². The number of nitrogens with two attached hydrogens (primary N) is 1. The van der Waals surface area contributed by atoms with E-state index in [4.69, 9.17) is 5.73 Å². The maximum atomic E-state index is 13.7. The molecule has 1 aromatic heterocycles. The van der Waals surface area contributed by atoms with Crippen LogP contribution in [0, 0.1) is 5.82 Å². The highest BCUT2D eigenvalue weighted by Crippen LogP contribution is 2.26. The molecule has 0 radical (unpaired) electrons. The van der Waals surface area contributed by atoms with Gasteiger partial charge in [-0.2, -0.15) is 0 Å². The van der Waals surface area contributed by atoms with Gasteiger partial charge in [-0.15, -0.1) is 0 Å². The average molecular weight is 300 g/mol. The summed E-state index contributed by atoms with van der Waals surface area (Å²) < 4.78 is 14.4. The summed E-state index contributed by atoms with van der Waals surface area (Å²) in [6.07, 6.45) is 0.403. The van der Waals surface area contributed by atoms with Gasteiger partial charge in [0.25, 0.3) is 5.56 Å². The number of hydrogen-bond donors (Lipinski definition) is 3. The predicted octanol–water partition coefficient (Wildman–Crippen LogP) is 1.77. The molecule has 0 fully saturated rings. The SMILES string of the molecule is NCCc1c(-c2cc(Br)ccc2F)[nH][nH]c1=O. The summed E-state index contributed by atoms with van der Waals surface area (Å²) in [7, 11) is 0. The summed E-state index contributed by atoms with van der Waals surface area (Å²) in [6.45, 7) is 0.337. The van der Waals surface area contributed by atoms with Crippen molar-refractivity contribution in [3.8, 4) is 11.3 Å². The van der Waals surface area contributed by atoms with Crippen LogP contribution in [0.3, 0.4) is 0 Å². The molecule has 0 amide bonds. The fourth-order valence-electron chi connectivity index (χ4n) is 1.69. The van der Waals surface area contributed by atoms with Crippen LogP contribution < -0.4 is 11.3 Å². The molecule has 1 aromatic carbocycles. The Morgan fingerprint density at radius 3 is 2.82 bits per heavy atom. The molecule has 0 atom stereocenters. The van der Waals surface area contributed by atoms with E-state index in [1.165, 1.54) is 6.07 Å². The number of halogens is 2. The second-order valence-electron chi connectivity index (χ2n) is 3.60. The minimum Gasteiger partial charge on any atom is -0.330 e. The van der Waals surface area contributed by atoms with E-state index in [-0.39, 0.29) is 11.4 Å². The maximum Gasteiger partial charge on any atom is 0.267 e. The van der Waals surface area contributed by atoms with E-state index >= 15 is 0 Å². The fourth-order valence-corrected chi connectivity index (χ4v) is 2.05. The number of rotatable bonds is 3. The van der Waals surface area contributed by atoms with Gasteiger partial charge < -0.3 is 5.73 Å². The van der Waals surface area contributed by atoms with Crippen molar-refractivity contribution >= 4 is 15.9 Å². The summed E-state index contributed by atoms with van der Waals surface area (Å²) in [5.74, 6) is -0.387. The number of H-pyrrole nitrogens is 2. The van der Waals surface area contributed by atoms with Crippen molar-refractivity contribution < 1.29 is 4.39 Å². The lowest BCUT2D eigenvalue weighted by molar-refractivity contribution is 0.630. The highest BCUT2D eigenvalue weighted by atomic mass is 79.9. The standard InChI is InChI=1S/C11H11BrFN3O/c12-6-1-2-9(13)8(5-6)10-7(3-4-14)11(17)16-15-10/h1-2,5H,3-4,14H2,(H2,15,16,17). The van der Waals surface area contributed by atoms with Gasteiger partial charge in [-0.25, -0.2) is 4.39 Å². The second-order valence-corrected chi connectivity index (χ2v) is 4.51. The molecule has 0 unspecified atom stereocenters. The molecule has 0 aliphatic heterocycles. The van der Waals surface area contributed by atoms with Crippen molar-refractivity contribution in [3.05, 3.63) is 44.4 Å². The van der Waals surface area contributed by atoms with Crippen molar-refractivity contribution in [1.82, 2.24) is 10.2 Å². The van der Waals surface area contributed by atoms with Gasteiger partial charge in [0, 0.05) is 15.6 Å². The average Bonchev–Trinajstić information content (AvgIpc) is 2.65. The Morgan fingerprint density at radius 2 is 2.12 bits per heavy atom. The molecule has 2 aromatic rings. The summed E-state index contributed by atoms with van der Waals surface area (Å²) in [5, 5.41) is 5.14. The molecule has 17 heavy (non-hydrogen) atoms. The van der Waals surface area contributed by atoms with E-state index in [9.17, 15) is 9.18 Å². The lowest BCUT2D eigenvalue weighted by atomic mass is 10.1. The molecule has 0 saturated heterocycles. The summed E-state index contributed by atoms with van der Waals surface area (Å²) >= 11 is 3.27. The first-order valence-corrected chi connectivity index (χ1v) is 5.87. The molecule has 0 saturated carbocycles. The molecule has 6 heteroatoms. The third-order valence-corrected chi connectivity index (χ3v) is 2.96. The van der Waals surface area contributed by atoms with Gasteiger partial charge in [0.15, 0.2) is 0 Å². The van der Waals surface area contributed by atoms with Crippen molar-refractivity contribution in [2.75, 3.05) is 6.54 Å². The largest absolute Gasteiger partial charge is 0.330 e. The monoisotopic (exact) mass is 299 g/mol. The minimum atomic E-state index is -0.387. The third-order valence-electron chi connectivity index (χ3n) is 2.47. The first-order valence-electron chi connectivity index (χ1n) is 5.08. The molecule has 4 N–H and O–H groups in total. The summed E-state index contributed by atoms with van der Waals surface area (Å²) in [5.41, 5.74) is 6.46. The van der Waals surface area contributed by atoms with E-state index in [1.807, 2.05) is 0 Å². The molecule has 1 heterocycles. The van der Waals surface area contributed by atoms with Gasteiger partial charge in [-0.05, 0) is 31.2 Å². The molecule has 0 bridgehead atoms. The van der Waals surface area contributed by atoms with Crippen LogP contribution in [0.2, 0.25) is 0 Å². The molecule has 2 rings (SSSR count). The highest BCUT2D eigenvalue weighted by molar-refractivity contribution is 9.10. The number of aromatic amines is 2. The van der Waals surface area contributed by atoms with E-state index in [2.05, 4.69) is 26.1 Å². The van der Waals surface area contributed by atoms with E-state index < -0.39 is 0 Å². The van der Waals surface area contributed by atoms with Crippen LogP contribution in [0.5, 0.6) is 0 Å². The summed E-state index contributed by atoms with van der Waals surface area (Å²) in [6, 6.07) is 4.57. The normalized spacial score (nSPS) is 10.8. The molecule has 90 valence electrons. The maximum absolute atomic E-state index is 13.7. The van der Waals surface area contributed by atoms with Gasteiger partial charge in [0.05, 0.1) is 5.69 Å². The molecule has 4 nitrogen and oxygen atoms in total. The second kappa shape index (κ2) is 4.85. The van der Waals surface area contributed by atoms with Crippen molar-refractivity contribution in [3.63, 3.8) is 0 Å². The summed E-state index contributed by atoms with van der Waals surface area (Å²) in [4.78, 5) is 11.5. The Kier molecular flexibility index (Phi) is 3.44. The van der Waals surface area contributed by atoms with Crippen LogP contribution >= 0.6 is 15.9 Å². The molecule has 0 aliphatic rings. The van der Waals surface area contributed by atoms with Crippen LogP contribution in [0.4, 0.5) is 4.39 Å². The van der Waals surface area contributed by atoms with Gasteiger partial charge in [-0.1, -0.05) is 15.9 Å². The van der Waals surface area contributed by atoms with Gasteiger partial charge in [0.1, 0.15) is 5.82 Å². The van der Waals surface area contributed by atoms with Crippen molar-refractivity contribution in [2.24, 2.45) is 5.73 Å². The van der Waals surface area contributed by atoms with E-state index in [0.29, 0.717) is 29.8 Å². The zero-order chi connectivity index (χ0) is 12.4. The lowest BCUT2D eigenvalue weighted by Gasteiger charge is -2.04. The van der Waals surface area contributed by atoms with Crippen LogP contribution in [-0.2, 0) is 6.42 Å². The number of nitrogens with one attached hydrogen (secondary N) is 2. The highest BCUT2D eigenvalue weighted by Gasteiger charge is 2.14. The lowest BCUT2D eigenvalue weighted by Crippen LogP contribution is -2.12. The number of hydrogen-bond acceptors (Lipinski definition) is 2. The van der Waals surface area contributed by atoms with Gasteiger partial charge in [-0.3, -0.25) is 15.0 Å². The molecule has 0 spiro atoms. The quantitative estimate of drug-likeness (QED) is 0.808. The first-order chi connectivity index (χ1) is 8.13. The van der Waals surface area contributed by atoms with Gasteiger partial charge >= 0.3 is 0 Å². The van der Waals surface area contributed by atoms with Gasteiger partial charge in [0.2, 0.25) is 0 Å². The molecular formula is C11H11BrFN3O. The number of aromatic nitrogens is 2. The van der Waals surface area contributed by atoms with E-state index in [1.54, 1.807) is 12.1 Å². The smallest absolute Gasteiger partial charge is 0.267 e. The zero-order valence-electron chi connectivity index (χ0n) is 8.89. The Labute approximate surface area is 105 Å². The van der Waals surface area contributed by atoms with Crippen LogP contribution in [-0.4, -0.2) is 16.7 Å². The Morgan fingerprint density at radius 1 is 1.35 bits per heavy atom. The Hall–Kier alpha value is -1.40. The zero-order valence-corrected chi connectivity index (χ0v) is 10.5. The first kappa shape index (κ1) is 12.1. The molecule has 0 aliphatic carbocycles.